The van der Waals surface area contributed by atoms with Crippen LogP contribution in [0.4, 0.5) is 4.79 Å². The third-order valence-electron chi connectivity index (χ3n) is 4.58. The van der Waals surface area contributed by atoms with Gasteiger partial charge in [-0.15, -0.1) is 11.3 Å². The summed E-state index contributed by atoms with van der Waals surface area (Å²) in [4.78, 5) is 16.6. The summed E-state index contributed by atoms with van der Waals surface area (Å²) >= 11 is 1.58. The molecule has 5 nitrogen and oxygen atoms in total. The molecule has 1 aliphatic rings. The van der Waals surface area contributed by atoms with Crippen molar-refractivity contribution in [3.05, 3.63) is 16.1 Å². The Morgan fingerprint density at radius 2 is 2.36 bits per heavy atom. The molecule has 1 aromatic heterocycles. The van der Waals surface area contributed by atoms with Crippen molar-refractivity contribution in [1.29, 1.82) is 0 Å². The van der Waals surface area contributed by atoms with E-state index in [0.717, 1.165) is 42.8 Å². The van der Waals surface area contributed by atoms with E-state index in [1.165, 1.54) is 0 Å². The molecule has 0 saturated heterocycles. The van der Waals surface area contributed by atoms with E-state index in [1.54, 1.807) is 11.3 Å². The highest BCUT2D eigenvalue weighted by Crippen LogP contribution is 2.35. The monoisotopic (exact) mass is 325 g/mol. The van der Waals surface area contributed by atoms with Crippen molar-refractivity contribution in [3.8, 4) is 0 Å². The van der Waals surface area contributed by atoms with Crippen LogP contribution in [0.3, 0.4) is 0 Å². The summed E-state index contributed by atoms with van der Waals surface area (Å²) in [5.41, 5.74) is 0.771. The molecular formula is C16H27N3O2S. The first-order valence-electron chi connectivity index (χ1n) is 8.09. The van der Waals surface area contributed by atoms with E-state index in [4.69, 9.17) is 0 Å². The number of rotatable bonds is 5. The van der Waals surface area contributed by atoms with Crippen LogP contribution in [-0.2, 0) is 0 Å². The van der Waals surface area contributed by atoms with Crippen LogP contribution in [0.25, 0.3) is 0 Å². The minimum absolute atomic E-state index is 0.0530. The summed E-state index contributed by atoms with van der Waals surface area (Å²) in [6, 6.07) is -0.235. The second-order valence-electron chi connectivity index (χ2n) is 6.53. The summed E-state index contributed by atoms with van der Waals surface area (Å²) in [6.07, 6.45) is 4.45. The van der Waals surface area contributed by atoms with Gasteiger partial charge in [0.05, 0.1) is 12.1 Å². The molecule has 1 fully saturated rings. The van der Waals surface area contributed by atoms with Gasteiger partial charge in [0.1, 0.15) is 5.01 Å². The summed E-state index contributed by atoms with van der Waals surface area (Å²) in [7, 11) is 0. The zero-order chi connectivity index (χ0) is 16.2. The highest BCUT2D eigenvalue weighted by Gasteiger charge is 2.35. The van der Waals surface area contributed by atoms with Crippen molar-refractivity contribution >= 4 is 17.4 Å². The minimum atomic E-state index is -0.329. The molecule has 1 heterocycles. The van der Waals surface area contributed by atoms with Crippen LogP contribution in [-0.4, -0.2) is 28.8 Å². The third-order valence-corrected chi connectivity index (χ3v) is 5.66. The Kier molecular flexibility index (Phi) is 5.81. The van der Waals surface area contributed by atoms with Crippen LogP contribution in [0, 0.1) is 12.3 Å². The predicted octanol–water partition coefficient (Wildman–Crippen LogP) is 3.14. The van der Waals surface area contributed by atoms with E-state index in [2.05, 4.69) is 22.5 Å². The van der Waals surface area contributed by atoms with Crippen LogP contribution < -0.4 is 10.6 Å². The minimum Gasteiger partial charge on any atom is -0.392 e. The predicted molar refractivity (Wildman–Crippen MR) is 89.0 cm³/mol. The molecule has 6 heteroatoms. The number of urea groups is 1. The van der Waals surface area contributed by atoms with Crippen LogP contribution in [0.2, 0.25) is 0 Å². The number of carbonyl (C=O) groups excluding carboxylic acids is 1. The maximum Gasteiger partial charge on any atom is 0.315 e. The van der Waals surface area contributed by atoms with Gasteiger partial charge in [-0.3, -0.25) is 0 Å². The Bertz CT molecular complexity index is 505. The molecule has 3 atom stereocenters. The maximum atomic E-state index is 12.2. The lowest BCUT2D eigenvalue weighted by atomic mass is 9.73. The fraction of sp³-hybridized carbons (Fsp3) is 0.750. The van der Waals surface area contributed by atoms with Gasteiger partial charge in [-0.25, -0.2) is 9.78 Å². The van der Waals surface area contributed by atoms with Crippen molar-refractivity contribution in [1.82, 2.24) is 15.6 Å². The molecule has 1 aromatic rings. The molecule has 3 unspecified atom stereocenters. The first-order valence-corrected chi connectivity index (χ1v) is 8.97. The molecule has 1 saturated carbocycles. The Hall–Kier alpha value is -1.14. The van der Waals surface area contributed by atoms with E-state index in [1.807, 2.05) is 19.2 Å². The van der Waals surface area contributed by atoms with Gasteiger partial charge in [0.15, 0.2) is 0 Å². The van der Waals surface area contributed by atoms with E-state index in [-0.39, 0.29) is 23.6 Å². The average Bonchev–Trinajstić information content (AvgIpc) is 2.92. The molecule has 0 spiro atoms. The topological polar surface area (TPSA) is 74.2 Å². The zero-order valence-electron chi connectivity index (χ0n) is 13.7. The standard InChI is InChI=1S/C16H27N3O2S/c1-4-12(14-18-11(2)9-22-14)19-15(21)17-10-16(3)8-6-5-7-13(16)20/h9,12-13,20H,4-8,10H2,1-3H3,(H2,17,19,21). The lowest BCUT2D eigenvalue weighted by Crippen LogP contribution is -2.48. The van der Waals surface area contributed by atoms with E-state index >= 15 is 0 Å². The maximum absolute atomic E-state index is 12.2. The highest BCUT2D eigenvalue weighted by atomic mass is 32.1. The number of hydrogen-bond acceptors (Lipinski definition) is 4. The second-order valence-corrected chi connectivity index (χ2v) is 7.42. The van der Waals surface area contributed by atoms with Crippen LogP contribution in [0.15, 0.2) is 5.38 Å². The van der Waals surface area contributed by atoms with Crippen LogP contribution in [0.5, 0.6) is 0 Å². The molecule has 0 aromatic carbocycles. The first-order chi connectivity index (χ1) is 10.4. The molecule has 0 bridgehead atoms. The van der Waals surface area contributed by atoms with Crippen molar-refractivity contribution < 1.29 is 9.90 Å². The molecule has 2 amide bonds. The lowest BCUT2D eigenvalue weighted by Gasteiger charge is -2.38. The molecule has 3 N–H and O–H groups in total. The molecule has 22 heavy (non-hydrogen) atoms. The molecule has 0 aliphatic heterocycles. The normalized spacial score (nSPS) is 26.5. The fourth-order valence-electron chi connectivity index (χ4n) is 2.95. The van der Waals surface area contributed by atoms with Gasteiger partial charge in [-0.2, -0.15) is 0 Å². The molecular weight excluding hydrogens is 298 g/mol. The average molecular weight is 325 g/mol. The van der Waals surface area contributed by atoms with Crippen molar-refractivity contribution in [3.63, 3.8) is 0 Å². The first kappa shape index (κ1) is 17.2. The van der Waals surface area contributed by atoms with Gasteiger partial charge in [-0.05, 0) is 26.2 Å². The molecule has 1 aliphatic carbocycles. The largest absolute Gasteiger partial charge is 0.392 e. The van der Waals surface area contributed by atoms with Crippen molar-refractivity contribution in [2.75, 3.05) is 6.54 Å². The number of thiazole rings is 1. The molecule has 0 radical (unpaired) electrons. The van der Waals surface area contributed by atoms with E-state index in [0.29, 0.717) is 6.54 Å². The number of nitrogens with one attached hydrogen (secondary N) is 2. The summed E-state index contributed by atoms with van der Waals surface area (Å²) in [5.74, 6) is 0. The highest BCUT2D eigenvalue weighted by molar-refractivity contribution is 7.09. The Balaban J connectivity index is 1.86. The number of aliphatic hydroxyl groups excluding tert-OH is 1. The third kappa shape index (κ3) is 4.20. The van der Waals surface area contributed by atoms with Gasteiger partial charge in [0.25, 0.3) is 0 Å². The number of aliphatic hydroxyl groups is 1. The van der Waals surface area contributed by atoms with Crippen molar-refractivity contribution in [2.24, 2.45) is 5.41 Å². The number of hydrogen-bond donors (Lipinski definition) is 3. The molecule has 124 valence electrons. The van der Waals surface area contributed by atoms with Gasteiger partial charge < -0.3 is 15.7 Å². The summed E-state index contributed by atoms with van der Waals surface area (Å²) in [5, 5.41) is 19.0. The van der Waals surface area contributed by atoms with Crippen LogP contribution in [0.1, 0.15) is 62.7 Å². The lowest BCUT2D eigenvalue weighted by molar-refractivity contribution is 0.00304. The van der Waals surface area contributed by atoms with Gasteiger partial charge in [0.2, 0.25) is 0 Å². The Morgan fingerprint density at radius 3 is 2.95 bits per heavy atom. The fourth-order valence-corrected chi connectivity index (χ4v) is 3.88. The number of aryl methyl sites for hydroxylation is 1. The summed E-state index contributed by atoms with van der Waals surface area (Å²) in [6.45, 7) is 6.55. The smallest absolute Gasteiger partial charge is 0.315 e. The number of aromatic nitrogens is 1. The van der Waals surface area contributed by atoms with Gasteiger partial charge >= 0.3 is 6.03 Å². The zero-order valence-corrected chi connectivity index (χ0v) is 14.5. The Labute approximate surface area is 136 Å². The van der Waals surface area contributed by atoms with E-state index in [9.17, 15) is 9.90 Å². The quantitative estimate of drug-likeness (QED) is 0.778. The number of amides is 2. The number of carbonyl (C=O) groups is 1. The van der Waals surface area contributed by atoms with E-state index < -0.39 is 0 Å². The summed E-state index contributed by atoms with van der Waals surface area (Å²) < 4.78 is 0. The number of nitrogens with zero attached hydrogens (tertiary/aromatic N) is 1. The van der Waals surface area contributed by atoms with Gasteiger partial charge in [-0.1, -0.05) is 26.7 Å². The van der Waals surface area contributed by atoms with Gasteiger partial charge in [0, 0.05) is 23.0 Å². The SMILES string of the molecule is CCC(NC(=O)NCC1(C)CCCCC1O)c1nc(C)cs1. The second kappa shape index (κ2) is 7.42. The van der Waals surface area contributed by atoms with Crippen LogP contribution >= 0.6 is 11.3 Å². The van der Waals surface area contributed by atoms with Crippen molar-refractivity contribution in [2.45, 2.75) is 65.0 Å². The molecule has 2 rings (SSSR count). The Morgan fingerprint density at radius 1 is 1.59 bits per heavy atom.